The molecule has 27 heavy (non-hydrogen) atoms. The lowest BCUT2D eigenvalue weighted by Gasteiger charge is -2.34. The molecule has 5 nitrogen and oxygen atoms in total. The zero-order chi connectivity index (χ0) is 18.5. The minimum atomic E-state index is -0.00925. The molecule has 0 aliphatic rings. The van der Waals surface area contributed by atoms with Crippen LogP contribution in [0.5, 0.6) is 0 Å². The summed E-state index contributed by atoms with van der Waals surface area (Å²) in [5.74, 6) is 0. The second kappa shape index (κ2) is 7.91. The molecule has 1 heterocycles. The normalized spacial score (nSPS) is 12.0. The third kappa shape index (κ3) is 3.62. The molecule has 0 aliphatic carbocycles. The molecule has 3 aromatic carbocycles. The average Bonchev–Trinajstić information content (AvgIpc) is 3.16. The number of hydrogen-bond acceptors (Lipinski definition) is 4. The van der Waals surface area contributed by atoms with Crippen LogP contribution in [-0.2, 0) is 0 Å². The first-order valence-corrected chi connectivity index (χ1v) is 9.32. The van der Waals surface area contributed by atoms with Crippen molar-refractivity contribution in [3.8, 4) is 0 Å². The third-order valence-corrected chi connectivity index (χ3v) is 4.56. The maximum atomic E-state index is 4.49. The van der Waals surface area contributed by atoms with E-state index in [0.29, 0.717) is 0 Å². The van der Waals surface area contributed by atoms with Crippen molar-refractivity contribution in [1.29, 1.82) is 0 Å². The van der Waals surface area contributed by atoms with Gasteiger partial charge < -0.3 is 0 Å². The number of anilines is 2. The number of nitrogens with one attached hydrogen (secondary N) is 1. The lowest BCUT2D eigenvalue weighted by Crippen LogP contribution is -2.38. The summed E-state index contributed by atoms with van der Waals surface area (Å²) in [5, 5.41) is 11.0. The Kier molecular flexibility index (Phi) is 5.01. The number of benzene rings is 3. The summed E-state index contributed by atoms with van der Waals surface area (Å²) >= 11 is 0. The van der Waals surface area contributed by atoms with E-state index in [1.165, 1.54) is 0 Å². The molecule has 0 amide bonds. The number of rotatable bonds is 7. The smallest absolute Gasteiger partial charge is 0.144 e. The van der Waals surface area contributed by atoms with Crippen LogP contribution in [0.2, 0.25) is 0 Å². The van der Waals surface area contributed by atoms with Crippen LogP contribution in [0.1, 0.15) is 25.9 Å². The van der Waals surface area contributed by atoms with Crippen LogP contribution in [0, 0.1) is 0 Å². The van der Waals surface area contributed by atoms with Gasteiger partial charge in [-0.1, -0.05) is 67.1 Å². The van der Waals surface area contributed by atoms with E-state index < -0.39 is 0 Å². The molecule has 0 spiro atoms. The van der Waals surface area contributed by atoms with Gasteiger partial charge >= 0.3 is 0 Å². The van der Waals surface area contributed by atoms with Crippen LogP contribution in [0.15, 0.2) is 84.9 Å². The molecule has 136 valence electrons. The molecule has 0 saturated heterocycles. The van der Waals surface area contributed by atoms with Crippen LogP contribution >= 0.6 is 0 Å². The molecule has 1 N–H and O–H groups in total. The Morgan fingerprint density at radius 2 is 1.56 bits per heavy atom. The lowest BCUT2D eigenvalue weighted by atomic mass is 10.2. The average molecular weight is 357 g/mol. The van der Waals surface area contributed by atoms with Gasteiger partial charge in [-0.05, 0) is 42.8 Å². The summed E-state index contributed by atoms with van der Waals surface area (Å²) in [6.07, 6.45) is 1.95. The van der Waals surface area contributed by atoms with Crippen molar-refractivity contribution in [2.75, 3.05) is 10.4 Å². The maximum absolute atomic E-state index is 4.49. The molecule has 1 unspecified atom stereocenters. The fourth-order valence-electron chi connectivity index (χ4n) is 3.28. The Balaban J connectivity index is 1.79. The van der Waals surface area contributed by atoms with Crippen LogP contribution in [0.25, 0.3) is 11.0 Å². The highest BCUT2D eigenvalue weighted by atomic mass is 15.6. The Labute approximate surface area is 159 Å². The number of aromatic nitrogens is 3. The van der Waals surface area contributed by atoms with E-state index in [2.05, 4.69) is 70.1 Å². The Morgan fingerprint density at radius 1 is 0.889 bits per heavy atom. The number of para-hydroxylation sites is 3. The van der Waals surface area contributed by atoms with E-state index in [4.69, 9.17) is 0 Å². The Bertz CT molecular complexity index is 981. The molecule has 1 atom stereocenters. The summed E-state index contributed by atoms with van der Waals surface area (Å²) in [6, 6.07) is 28.7. The van der Waals surface area contributed by atoms with Crippen molar-refractivity contribution >= 4 is 22.4 Å². The molecule has 0 saturated carbocycles. The first kappa shape index (κ1) is 17.1. The zero-order valence-corrected chi connectivity index (χ0v) is 15.4. The number of hydrogen-bond donors (Lipinski definition) is 1. The summed E-state index contributed by atoms with van der Waals surface area (Å²) < 4.78 is 2.02. The van der Waals surface area contributed by atoms with Crippen LogP contribution in [0.4, 0.5) is 11.4 Å². The molecule has 4 aromatic rings. The first-order valence-electron chi connectivity index (χ1n) is 9.32. The molecule has 0 aliphatic heterocycles. The standard InChI is InChI=1S/C22H23N5/c1-2-11-22(27-21-17-10-9-16-20(21)23-25-27)26(19-14-7-4-8-15-19)24-18-12-5-3-6-13-18/h3-10,12-17,22,24H,2,11H2,1H3. The van der Waals surface area contributed by atoms with E-state index >= 15 is 0 Å². The molecule has 0 fully saturated rings. The van der Waals surface area contributed by atoms with Crippen molar-refractivity contribution in [3.63, 3.8) is 0 Å². The Hall–Kier alpha value is -3.34. The molecule has 0 bridgehead atoms. The van der Waals surface area contributed by atoms with Crippen LogP contribution < -0.4 is 10.4 Å². The minimum absolute atomic E-state index is 0.00925. The largest absolute Gasteiger partial charge is 0.296 e. The molecule has 4 rings (SSSR count). The molecule has 0 radical (unpaired) electrons. The van der Waals surface area contributed by atoms with E-state index in [-0.39, 0.29) is 6.17 Å². The van der Waals surface area contributed by atoms with Gasteiger partial charge in [-0.2, -0.15) is 0 Å². The van der Waals surface area contributed by atoms with Gasteiger partial charge in [0.15, 0.2) is 0 Å². The predicted molar refractivity (Wildman–Crippen MR) is 110 cm³/mol. The molecular weight excluding hydrogens is 334 g/mol. The van der Waals surface area contributed by atoms with Gasteiger partial charge in [0.05, 0.1) is 16.9 Å². The van der Waals surface area contributed by atoms with Gasteiger partial charge in [-0.3, -0.25) is 10.4 Å². The SMILES string of the molecule is CCCC(N(Nc1ccccc1)c1ccccc1)n1nnc2ccccc21. The molecule has 5 heteroatoms. The summed E-state index contributed by atoms with van der Waals surface area (Å²) in [5.41, 5.74) is 7.64. The summed E-state index contributed by atoms with van der Waals surface area (Å²) in [7, 11) is 0. The van der Waals surface area contributed by atoms with Crippen LogP contribution in [-0.4, -0.2) is 15.0 Å². The van der Waals surface area contributed by atoms with Crippen molar-refractivity contribution < 1.29 is 0 Å². The van der Waals surface area contributed by atoms with Crippen molar-refractivity contribution in [3.05, 3.63) is 84.9 Å². The molecular formula is C22H23N5. The van der Waals surface area contributed by atoms with E-state index in [1.54, 1.807) is 0 Å². The number of fused-ring (bicyclic) bond motifs is 1. The number of nitrogens with zero attached hydrogens (tertiary/aromatic N) is 4. The van der Waals surface area contributed by atoms with E-state index in [9.17, 15) is 0 Å². The van der Waals surface area contributed by atoms with E-state index in [0.717, 1.165) is 35.2 Å². The van der Waals surface area contributed by atoms with Gasteiger partial charge in [-0.15, -0.1) is 5.10 Å². The van der Waals surface area contributed by atoms with Crippen molar-refractivity contribution in [2.24, 2.45) is 0 Å². The van der Waals surface area contributed by atoms with Gasteiger partial charge in [-0.25, -0.2) is 4.68 Å². The zero-order valence-electron chi connectivity index (χ0n) is 15.4. The van der Waals surface area contributed by atoms with Gasteiger partial charge in [0.2, 0.25) is 0 Å². The predicted octanol–water partition coefficient (Wildman–Crippen LogP) is 5.26. The highest BCUT2D eigenvalue weighted by Crippen LogP contribution is 2.29. The fourth-order valence-corrected chi connectivity index (χ4v) is 3.28. The van der Waals surface area contributed by atoms with E-state index in [1.807, 2.05) is 47.1 Å². The second-order valence-corrected chi connectivity index (χ2v) is 6.48. The summed E-state index contributed by atoms with van der Waals surface area (Å²) in [4.78, 5) is 0. The highest BCUT2D eigenvalue weighted by molar-refractivity contribution is 5.74. The van der Waals surface area contributed by atoms with Crippen molar-refractivity contribution in [2.45, 2.75) is 25.9 Å². The lowest BCUT2D eigenvalue weighted by molar-refractivity contribution is 0.415. The fraction of sp³-hybridized carbons (Fsp3) is 0.182. The topological polar surface area (TPSA) is 46.0 Å². The minimum Gasteiger partial charge on any atom is -0.296 e. The van der Waals surface area contributed by atoms with Crippen LogP contribution in [0.3, 0.4) is 0 Å². The summed E-state index contributed by atoms with van der Waals surface area (Å²) in [6.45, 7) is 2.19. The maximum Gasteiger partial charge on any atom is 0.144 e. The highest BCUT2D eigenvalue weighted by Gasteiger charge is 2.23. The first-order chi connectivity index (χ1) is 13.4. The van der Waals surface area contributed by atoms with Gasteiger partial charge in [0.1, 0.15) is 11.7 Å². The monoisotopic (exact) mass is 357 g/mol. The quantitative estimate of drug-likeness (QED) is 0.458. The number of hydrazine groups is 1. The van der Waals surface area contributed by atoms with Crippen molar-refractivity contribution in [1.82, 2.24) is 15.0 Å². The Morgan fingerprint density at radius 3 is 2.30 bits per heavy atom. The molecule has 1 aromatic heterocycles. The second-order valence-electron chi connectivity index (χ2n) is 6.48. The van der Waals surface area contributed by atoms with Gasteiger partial charge in [0.25, 0.3) is 0 Å². The third-order valence-electron chi connectivity index (χ3n) is 4.56. The van der Waals surface area contributed by atoms with Gasteiger partial charge in [0, 0.05) is 0 Å².